The number of unbranched alkanes of at least 4 members (excludes halogenated alkanes) is 1. The second kappa shape index (κ2) is 6.79. The van der Waals surface area contributed by atoms with Crippen LogP contribution in [0, 0.1) is 0 Å². The smallest absolute Gasteiger partial charge is 0.0923 e. The average Bonchev–Trinajstić information content (AvgIpc) is 2.00. The van der Waals surface area contributed by atoms with Crippen molar-refractivity contribution < 1.29 is 9.70 Å². The third-order valence-corrected chi connectivity index (χ3v) is 1.63. The van der Waals surface area contributed by atoms with Crippen LogP contribution in [0.4, 0.5) is 0 Å². The van der Waals surface area contributed by atoms with E-state index in [1.807, 2.05) is 21.1 Å². The lowest BCUT2D eigenvalue weighted by atomic mass is 10.3. The summed E-state index contributed by atoms with van der Waals surface area (Å²) in [5.74, 6) is -0.0264. The molecule has 0 rings (SSSR count). The van der Waals surface area contributed by atoms with Crippen molar-refractivity contribution in [1.29, 1.82) is 0 Å². The molecule has 0 aliphatic carbocycles. The quantitative estimate of drug-likeness (QED) is 0.209. The standard InChI is InChI=1S/C10H23N3O/c1-5-6-8-11-9-7-10(14)12-13(2,3)4/h11H,5-9H2,1-4H3. The Balaban J connectivity index is 3.54. The van der Waals surface area contributed by atoms with E-state index < -0.39 is 0 Å². The number of rotatable bonds is 7. The van der Waals surface area contributed by atoms with Gasteiger partial charge >= 0.3 is 0 Å². The number of quaternary nitrogens is 1. The molecule has 0 fully saturated rings. The zero-order valence-corrected chi connectivity index (χ0v) is 9.84. The van der Waals surface area contributed by atoms with Gasteiger partial charge < -0.3 is 10.4 Å². The molecule has 1 N–H and O–H groups in total. The molecule has 0 atom stereocenters. The summed E-state index contributed by atoms with van der Waals surface area (Å²) in [6.07, 6.45) is 2.85. The van der Waals surface area contributed by atoms with Gasteiger partial charge in [0.05, 0.1) is 21.1 Å². The minimum absolute atomic E-state index is 0.0264. The van der Waals surface area contributed by atoms with Crippen LogP contribution in [-0.4, -0.2) is 44.7 Å². The van der Waals surface area contributed by atoms with E-state index in [1.54, 1.807) is 0 Å². The highest BCUT2D eigenvalue weighted by Gasteiger charge is 2.02. The number of nitrogens with one attached hydrogen (secondary N) is 1. The molecule has 14 heavy (non-hydrogen) atoms. The minimum Gasteiger partial charge on any atom is -0.858 e. The number of hydrogen-bond acceptors (Lipinski definition) is 3. The van der Waals surface area contributed by atoms with Gasteiger partial charge in [0, 0.05) is 5.90 Å². The normalized spacial score (nSPS) is 13.3. The Kier molecular flexibility index (Phi) is 6.49. The minimum atomic E-state index is -0.0264. The monoisotopic (exact) mass is 201 g/mol. The fourth-order valence-electron chi connectivity index (χ4n) is 1.01. The predicted octanol–water partition coefficient (Wildman–Crippen LogP) is 0.146. The highest BCUT2D eigenvalue weighted by atomic mass is 16.3. The Morgan fingerprint density at radius 3 is 2.43 bits per heavy atom. The molecule has 0 aromatic carbocycles. The summed E-state index contributed by atoms with van der Waals surface area (Å²) in [4.78, 5) is 0. The lowest BCUT2D eigenvalue weighted by molar-refractivity contribution is -0.878. The molecular formula is C10H23N3O. The van der Waals surface area contributed by atoms with E-state index in [1.165, 1.54) is 12.8 Å². The third-order valence-electron chi connectivity index (χ3n) is 1.63. The maximum Gasteiger partial charge on any atom is 0.0923 e. The van der Waals surface area contributed by atoms with Crippen LogP contribution in [0.25, 0.3) is 0 Å². The first-order chi connectivity index (χ1) is 6.45. The van der Waals surface area contributed by atoms with Crippen molar-refractivity contribution in [2.45, 2.75) is 26.2 Å². The molecule has 0 unspecified atom stereocenters. The summed E-state index contributed by atoms with van der Waals surface area (Å²) < 4.78 is 0.355. The van der Waals surface area contributed by atoms with Crippen LogP contribution < -0.4 is 10.4 Å². The van der Waals surface area contributed by atoms with Crippen molar-refractivity contribution in [3.8, 4) is 0 Å². The second-order valence-electron chi connectivity index (χ2n) is 4.29. The van der Waals surface area contributed by atoms with E-state index >= 15 is 0 Å². The molecule has 0 aliphatic rings. The van der Waals surface area contributed by atoms with Crippen molar-refractivity contribution in [1.82, 2.24) is 5.32 Å². The van der Waals surface area contributed by atoms with E-state index in [4.69, 9.17) is 0 Å². The topological polar surface area (TPSA) is 47.4 Å². The van der Waals surface area contributed by atoms with Crippen LogP contribution in [-0.2, 0) is 0 Å². The molecule has 0 aromatic heterocycles. The predicted molar refractivity (Wildman–Crippen MR) is 57.9 cm³/mol. The zero-order chi connectivity index (χ0) is 11.0. The Morgan fingerprint density at radius 1 is 1.29 bits per heavy atom. The molecular weight excluding hydrogens is 178 g/mol. The summed E-state index contributed by atoms with van der Waals surface area (Å²) in [6, 6.07) is 0. The summed E-state index contributed by atoms with van der Waals surface area (Å²) in [5, 5.41) is 18.5. The van der Waals surface area contributed by atoms with Gasteiger partial charge in [-0.05, 0) is 25.9 Å². The van der Waals surface area contributed by atoms with Crippen LogP contribution in [0.3, 0.4) is 0 Å². The molecule has 0 saturated carbocycles. The van der Waals surface area contributed by atoms with Gasteiger partial charge in [0.2, 0.25) is 0 Å². The summed E-state index contributed by atoms with van der Waals surface area (Å²) in [6.45, 7) is 3.88. The maximum atomic E-state index is 11.3. The highest BCUT2D eigenvalue weighted by Crippen LogP contribution is 1.92. The van der Waals surface area contributed by atoms with Gasteiger partial charge in [-0.25, -0.2) is 4.59 Å². The van der Waals surface area contributed by atoms with Crippen LogP contribution in [0.1, 0.15) is 26.2 Å². The molecule has 0 bridgehead atoms. The van der Waals surface area contributed by atoms with Gasteiger partial charge in [0.25, 0.3) is 0 Å². The lowest BCUT2D eigenvalue weighted by Crippen LogP contribution is -2.34. The molecule has 4 nitrogen and oxygen atoms in total. The van der Waals surface area contributed by atoms with Gasteiger partial charge in [-0.3, -0.25) is 0 Å². The summed E-state index contributed by atoms with van der Waals surface area (Å²) >= 11 is 0. The average molecular weight is 201 g/mol. The fourth-order valence-corrected chi connectivity index (χ4v) is 1.01. The van der Waals surface area contributed by atoms with Gasteiger partial charge in [-0.15, -0.1) is 5.10 Å². The molecule has 0 saturated heterocycles. The molecule has 4 heteroatoms. The van der Waals surface area contributed by atoms with Crippen molar-refractivity contribution in [3.05, 3.63) is 0 Å². The van der Waals surface area contributed by atoms with E-state index in [-0.39, 0.29) is 5.90 Å². The van der Waals surface area contributed by atoms with Crippen LogP contribution in [0.2, 0.25) is 0 Å². The van der Waals surface area contributed by atoms with Gasteiger partial charge in [-0.2, -0.15) is 0 Å². The van der Waals surface area contributed by atoms with E-state index in [0.717, 1.165) is 13.1 Å². The summed E-state index contributed by atoms with van der Waals surface area (Å²) in [7, 11) is 5.63. The SMILES string of the molecule is CCCCNCC/C([O-])=N/[N+](C)(C)C. The van der Waals surface area contributed by atoms with E-state index in [0.29, 0.717) is 11.0 Å². The fraction of sp³-hybridized carbons (Fsp3) is 0.900. The second-order valence-corrected chi connectivity index (χ2v) is 4.29. The Labute approximate surface area is 87.2 Å². The van der Waals surface area contributed by atoms with Crippen LogP contribution in [0.15, 0.2) is 5.10 Å². The Morgan fingerprint density at radius 2 is 1.93 bits per heavy atom. The van der Waals surface area contributed by atoms with E-state index in [2.05, 4.69) is 17.3 Å². The first kappa shape index (κ1) is 13.4. The van der Waals surface area contributed by atoms with Crippen molar-refractivity contribution >= 4 is 5.90 Å². The maximum absolute atomic E-state index is 11.3. The van der Waals surface area contributed by atoms with Crippen LogP contribution >= 0.6 is 0 Å². The number of hydrogen-bond donors (Lipinski definition) is 1. The van der Waals surface area contributed by atoms with Crippen LogP contribution in [0.5, 0.6) is 0 Å². The first-order valence-electron chi connectivity index (χ1n) is 5.24. The molecule has 0 aromatic rings. The molecule has 0 radical (unpaired) electrons. The Hall–Kier alpha value is -0.610. The molecule has 0 aliphatic heterocycles. The van der Waals surface area contributed by atoms with Gasteiger partial charge in [0.1, 0.15) is 0 Å². The summed E-state index contributed by atoms with van der Waals surface area (Å²) in [5.41, 5.74) is 0. The van der Waals surface area contributed by atoms with Gasteiger partial charge in [-0.1, -0.05) is 13.3 Å². The molecule has 0 heterocycles. The number of nitrogens with zero attached hydrogens (tertiary/aromatic N) is 2. The third kappa shape index (κ3) is 9.48. The molecule has 0 amide bonds. The Bertz CT molecular complexity index is 173. The van der Waals surface area contributed by atoms with Gasteiger partial charge in [0.15, 0.2) is 0 Å². The molecule has 0 spiro atoms. The highest BCUT2D eigenvalue weighted by molar-refractivity contribution is 5.70. The first-order valence-corrected chi connectivity index (χ1v) is 5.24. The zero-order valence-electron chi connectivity index (χ0n) is 9.84. The van der Waals surface area contributed by atoms with Crippen molar-refractivity contribution in [2.24, 2.45) is 5.10 Å². The molecule has 84 valence electrons. The largest absolute Gasteiger partial charge is 0.858 e. The van der Waals surface area contributed by atoms with Crippen molar-refractivity contribution in [3.63, 3.8) is 0 Å². The lowest BCUT2D eigenvalue weighted by Gasteiger charge is -2.20. The van der Waals surface area contributed by atoms with Crippen molar-refractivity contribution in [2.75, 3.05) is 34.2 Å². The van der Waals surface area contributed by atoms with E-state index in [9.17, 15) is 5.11 Å².